The molecule has 0 aliphatic carbocycles. The molecule has 1 N–H and O–H groups in total. The lowest BCUT2D eigenvalue weighted by Gasteiger charge is -2.18. The molecule has 0 aliphatic rings. The van der Waals surface area contributed by atoms with E-state index in [0.717, 1.165) is 6.54 Å². The molecule has 0 radical (unpaired) electrons. The molecule has 3 nitrogen and oxygen atoms in total. The molecule has 108 valence electrons. The van der Waals surface area contributed by atoms with Crippen LogP contribution in [0.5, 0.6) is 0 Å². The second kappa shape index (κ2) is 7.25. The van der Waals surface area contributed by atoms with Crippen LogP contribution in [0.15, 0.2) is 42.7 Å². The van der Waals surface area contributed by atoms with Gasteiger partial charge in [-0.05, 0) is 25.3 Å². The highest BCUT2D eigenvalue weighted by Gasteiger charge is 2.10. The Morgan fingerprint density at radius 1 is 1.10 bits per heavy atom. The summed E-state index contributed by atoms with van der Waals surface area (Å²) in [6.07, 6.45) is 6.44. The Morgan fingerprint density at radius 2 is 1.80 bits per heavy atom. The third-order valence-corrected chi connectivity index (χ3v) is 3.85. The van der Waals surface area contributed by atoms with Gasteiger partial charge in [0.25, 0.3) is 0 Å². The maximum absolute atomic E-state index is 4.50. The van der Waals surface area contributed by atoms with E-state index in [9.17, 15) is 0 Å². The van der Waals surface area contributed by atoms with Gasteiger partial charge in [0.15, 0.2) is 0 Å². The van der Waals surface area contributed by atoms with Gasteiger partial charge in [0, 0.05) is 24.3 Å². The molecule has 2 aromatic rings. The number of hydrogen-bond donors (Lipinski definition) is 1. The third-order valence-electron chi connectivity index (χ3n) is 3.85. The lowest BCUT2D eigenvalue weighted by Crippen LogP contribution is -2.32. The molecule has 0 saturated heterocycles. The normalized spacial score (nSPS) is 12.8. The first kappa shape index (κ1) is 14.8. The number of hydrogen-bond acceptors (Lipinski definition) is 2. The lowest BCUT2D eigenvalue weighted by molar-refractivity contribution is 0.401. The van der Waals surface area contributed by atoms with Crippen LogP contribution in [0.1, 0.15) is 39.7 Å². The van der Waals surface area contributed by atoms with Crippen LogP contribution >= 0.6 is 0 Å². The molecule has 20 heavy (non-hydrogen) atoms. The minimum atomic E-state index is 0.369. The summed E-state index contributed by atoms with van der Waals surface area (Å²) in [5.74, 6) is 0. The Balaban J connectivity index is 1.98. The van der Waals surface area contributed by atoms with Crippen molar-refractivity contribution in [2.75, 3.05) is 6.54 Å². The molecule has 0 aliphatic heterocycles. The molecule has 0 saturated carbocycles. The average Bonchev–Trinajstić information content (AvgIpc) is 2.99. The maximum Gasteiger partial charge on any atom is 0.0615 e. The first-order valence-electron chi connectivity index (χ1n) is 7.57. The Bertz CT molecular complexity index is 500. The Morgan fingerprint density at radius 3 is 2.45 bits per heavy atom. The molecule has 1 unspecified atom stereocenters. The molecule has 3 heteroatoms. The SMILES string of the molecule is CCC(CC)NCC(C)n1cc(-c2ccccc2)cn1. The molecule has 0 bridgehead atoms. The average molecular weight is 271 g/mol. The van der Waals surface area contributed by atoms with Crippen molar-refractivity contribution in [1.82, 2.24) is 15.1 Å². The van der Waals surface area contributed by atoms with Gasteiger partial charge in [-0.1, -0.05) is 44.2 Å². The van der Waals surface area contributed by atoms with Crippen molar-refractivity contribution < 1.29 is 0 Å². The summed E-state index contributed by atoms with van der Waals surface area (Å²) >= 11 is 0. The van der Waals surface area contributed by atoms with Gasteiger partial charge in [-0.3, -0.25) is 4.68 Å². The zero-order chi connectivity index (χ0) is 14.4. The summed E-state index contributed by atoms with van der Waals surface area (Å²) in [5.41, 5.74) is 2.40. The molecule has 1 aromatic heterocycles. The van der Waals surface area contributed by atoms with Crippen LogP contribution in [0.3, 0.4) is 0 Å². The van der Waals surface area contributed by atoms with Crippen LogP contribution in [0, 0.1) is 0 Å². The third kappa shape index (κ3) is 3.70. The van der Waals surface area contributed by atoms with Crippen LogP contribution in [0.4, 0.5) is 0 Å². The molecule has 0 amide bonds. The van der Waals surface area contributed by atoms with Gasteiger partial charge in [0.1, 0.15) is 0 Å². The molecule has 1 heterocycles. The van der Waals surface area contributed by atoms with Crippen LogP contribution in [0.2, 0.25) is 0 Å². The van der Waals surface area contributed by atoms with Gasteiger partial charge >= 0.3 is 0 Å². The van der Waals surface area contributed by atoms with Gasteiger partial charge < -0.3 is 5.32 Å². The van der Waals surface area contributed by atoms with Gasteiger partial charge in [-0.25, -0.2) is 0 Å². The first-order chi connectivity index (χ1) is 9.74. The summed E-state index contributed by atoms with van der Waals surface area (Å²) < 4.78 is 2.05. The topological polar surface area (TPSA) is 29.9 Å². The van der Waals surface area contributed by atoms with Crippen LogP contribution in [0.25, 0.3) is 11.1 Å². The fourth-order valence-corrected chi connectivity index (χ4v) is 2.37. The second-order valence-electron chi connectivity index (χ2n) is 5.35. The van der Waals surface area contributed by atoms with Crippen molar-refractivity contribution >= 4 is 0 Å². The zero-order valence-electron chi connectivity index (χ0n) is 12.7. The Kier molecular flexibility index (Phi) is 5.36. The predicted molar refractivity (Wildman–Crippen MR) is 84.7 cm³/mol. The minimum Gasteiger partial charge on any atom is -0.312 e. The summed E-state index contributed by atoms with van der Waals surface area (Å²) in [5, 5.41) is 8.10. The zero-order valence-corrected chi connectivity index (χ0v) is 12.7. The molecule has 0 spiro atoms. The molecule has 1 atom stereocenters. The summed E-state index contributed by atoms with van der Waals surface area (Å²) in [6.45, 7) is 7.62. The number of nitrogens with zero attached hydrogens (tertiary/aromatic N) is 2. The van der Waals surface area contributed by atoms with Crippen molar-refractivity contribution in [3.8, 4) is 11.1 Å². The van der Waals surface area contributed by atoms with E-state index < -0.39 is 0 Å². The smallest absolute Gasteiger partial charge is 0.0615 e. The van der Waals surface area contributed by atoms with Gasteiger partial charge in [-0.2, -0.15) is 5.10 Å². The van der Waals surface area contributed by atoms with Gasteiger partial charge in [-0.15, -0.1) is 0 Å². The number of aromatic nitrogens is 2. The standard InChI is InChI=1S/C17H25N3/c1-4-17(5-2)18-11-14(3)20-13-16(12-19-20)15-9-7-6-8-10-15/h6-10,12-14,17-18H,4-5,11H2,1-3H3. The highest BCUT2D eigenvalue weighted by atomic mass is 15.3. The van der Waals surface area contributed by atoms with E-state index in [1.54, 1.807) is 0 Å². The van der Waals surface area contributed by atoms with Crippen molar-refractivity contribution in [1.29, 1.82) is 0 Å². The van der Waals surface area contributed by atoms with E-state index in [1.807, 2.05) is 12.3 Å². The van der Waals surface area contributed by atoms with E-state index in [0.29, 0.717) is 12.1 Å². The first-order valence-corrected chi connectivity index (χ1v) is 7.57. The van der Waals surface area contributed by atoms with Gasteiger partial charge in [0.05, 0.1) is 12.2 Å². The van der Waals surface area contributed by atoms with Gasteiger partial charge in [0.2, 0.25) is 0 Å². The number of rotatable bonds is 7. The molecule has 2 rings (SSSR count). The largest absolute Gasteiger partial charge is 0.312 e. The maximum atomic E-state index is 4.50. The van der Waals surface area contributed by atoms with E-state index in [2.05, 4.69) is 66.3 Å². The molecular weight excluding hydrogens is 246 g/mol. The number of nitrogens with one attached hydrogen (secondary N) is 1. The van der Waals surface area contributed by atoms with E-state index in [4.69, 9.17) is 0 Å². The fourth-order valence-electron chi connectivity index (χ4n) is 2.37. The molecule has 1 aromatic carbocycles. The summed E-state index contributed by atoms with van der Waals surface area (Å²) in [4.78, 5) is 0. The second-order valence-corrected chi connectivity index (χ2v) is 5.35. The Hall–Kier alpha value is -1.61. The predicted octanol–water partition coefficient (Wildman–Crippen LogP) is 3.89. The quantitative estimate of drug-likeness (QED) is 0.828. The number of benzene rings is 1. The molecular formula is C17H25N3. The van der Waals surface area contributed by atoms with E-state index >= 15 is 0 Å². The van der Waals surface area contributed by atoms with E-state index in [-0.39, 0.29) is 0 Å². The van der Waals surface area contributed by atoms with Crippen LogP contribution in [-0.4, -0.2) is 22.4 Å². The van der Waals surface area contributed by atoms with Crippen molar-refractivity contribution in [2.24, 2.45) is 0 Å². The highest BCUT2D eigenvalue weighted by molar-refractivity contribution is 5.61. The fraction of sp³-hybridized carbons (Fsp3) is 0.471. The summed E-state index contributed by atoms with van der Waals surface area (Å²) in [6, 6.07) is 11.4. The van der Waals surface area contributed by atoms with Crippen LogP contribution in [-0.2, 0) is 0 Å². The van der Waals surface area contributed by atoms with Crippen molar-refractivity contribution in [3.63, 3.8) is 0 Å². The van der Waals surface area contributed by atoms with Crippen molar-refractivity contribution in [2.45, 2.75) is 45.7 Å². The minimum absolute atomic E-state index is 0.369. The van der Waals surface area contributed by atoms with Crippen LogP contribution < -0.4 is 5.32 Å². The monoisotopic (exact) mass is 271 g/mol. The molecule has 0 fully saturated rings. The Labute approximate surface area is 122 Å². The highest BCUT2D eigenvalue weighted by Crippen LogP contribution is 2.19. The summed E-state index contributed by atoms with van der Waals surface area (Å²) in [7, 11) is 0. The van der Waals surface area contributed by atoms with Crippen molar-refractivity contribution in [3.05, 3.63) is 42.7 Å². The lowest BCUT2D eigenvalue weighted by atomic mass is 10.1. The van der Waals surface area contributed by atoms with E-state index in [1.165, 1.54) is 24.0 Å².